The second kappa shape index (κ2) is 6.78. The molecule has 0 bridgehead atoms. The van der Waals surface area contributed by atoms with Gasteiger partial charge in [0, 0.05) is 5.56 Å². The molecule has 2 aromatic rings. The molecule has 0 unspecified atom stereocenters. The van der Waals surface area contributed by atoms with Gasteiger partial charge in [0.25, 0.3) is 5.91 Å². The lowest BCUT2D eigenvalue weighted by molar-refractivity contribution is 0.0954. The molecule has 0 aromatic heterocycles. The molecule has 1 amide bonds. The normalized spacial score (nSPS) is 12.1. The Bertz CT molecular complexity index is 722. The lowest BCUT2D eigenvalue weighted by atomic mass is 9.86. The number of carbonyl (C=O) groups excluding carboxylic acids is 1. The van der Waals surface area contributed by atoms with E-state index in [1.807, 2.05) is 44.2 Å². The van der Waals surface area contributed by atoms with Gasteiger partial charge in [-0.3, -0.25) is 4.79 Å². The van der Waals surface area contributed by atoms with Crippen LogP contribution in [0.5, 0.6) is 0 Å². The summed E-state index contributed by atoms with van der Waals surface area (Å²) in [5, 5.41) is 4.22. The van der Waals surface area contributed by atoms with Gasteiger partial charge in [0.05, 0.1) is 5.71 Å². The number of nitrogens with one attached hydrogen (secondary N) is 1. The Morgan fingerprint density at radius 3 is 2.17 bits per heavy atom. The molecule has 0 aliphatic rings. The van der Waals surface area contributed by atoms with Crippen LogP contribution < -0.4 is 5.43 Å². The fourth-order valence-electron chi connectivity index (χ4n) is 2.30. The molecule has 3 nitrogen and oxygen atoms in total. The van der Waals surface area contributed by atoms with Gasteiger partial charge in [-0.15, -0.1) is 0 Å². The summed E-state index contributed by atoms with van der Waals surface area (Å²) >= 11 is 0. The largest absolute Gasteiger partial charge is 0.271 e. The van der Waals surface area contributed by atoms with Crippen molar-refractivity contribution in [2.75, 3.05) is 0 Å². The molecule has 1 N–H and O–H groups in total. The Hall–Kier alpha value is -2.42. The number of hydrogen-bond acceptors (Lipinski definition) is 2. The van der Waals surface area contributed by atoms with E-state index in [0.29, 0.717) is 5.56 Å². The smallest absolute Gasteiger partial charge is 0.267 e. The number of rotatable bonds is 3. The van der Waals surface area contributed by atoms with Crippen molar-refractivity contribution >= 4 is 11.6 Å². The number of hydrogen-bond donors (Lipinski definition) is 1. The summed E-state index contributed by atoms with van der Waals surface area (Å²) in [6, 6.07) is 15.8. The molecule has 2 aromatic carbocycles. The van der Waals surface area contributed by atoms with E-state index in [9.17, 15) is 4.79 Å². The topological polar surface area (TPSA) is 41.5 Å². The number of benzene rings is 2. The van der Waals surface area contributed by atoms with Crippen molar-refractivity contribution in [3.8, 4) is 0 Å². The molecule has 0 spiro atoms. The Labute approximate surface area is 138 Å². The van der Waals surface area contributed by atoms with Crippen molar-refractivity contribution in [1.29, 1.82) is 0 Å². The van der Waals surface area contributed by atoms with Crippen LogP contribution in [0.15, 0.2) is 53.6 Å². The molecule has 0 radical (unpaired) electrons. The van der Waals surface area contributed by atoms with E-state index in [0.717, 1.165) is 16.8 Å². The van der Waals surface area contributed by atoms with Gasteiger partial charge in [0.1, 0.15) is 0 Å². The highest BCUT2D eigenvalue weighted by Crippen LogP contribution is 2.22. The maximum atomic E-state index is 12.2. The maximum absolute atomic E-state index is 12.2. The van der Waals surface area contributed by atoms with Gasteiger partial charge in [0.2, 0.25) is 0 Å². The highest BCUT2D eigenvalue weighted by Gasteiger charge is 2.13. The van der Waals surface area contributed by atoms with E-state index >= 15 is 0 Å². The molecule has 0 aliphatic heterocycles. The Morgan fingerprint density at radius 2 is 1.61 bits per heavy atom. The summed E-state index contributed by atoms with van der Waals surface area (Å²) in [6.45, 7) is 10.4. The first-order valence-electron chi connectivity index (χ1n) is 7.80. The molecule has 0 atom stereocenters. The molecule has 2 rings (SSSR count). The lowest BCUT2D eigenvalue weighted by Crippen LogP contribution is -2.20. The summed E-state index contributed by atoms with van der Waals surface area (Å²) in [6.07, 6.45) is 0. The zero-order chi connectivity index (χ0) is 17.0. The summed E-state index contributed by atoms with van der Waals surface area (Å²) in [4.78, 5) is 12.2. The first-order chi connectivity index (χ1) is 10.8. The van der Waals surface area contributed by atoms with Gasteiger partial charge < -0.3 is 0 Å². The third kappa shape index (κ3) is 4.28. The van der Waals surface area contributed by atoms with Gasteiger partial charge in [-0.2, -0.15) is 5.10 Å². The first kappa shape index (κ1) is 16.9. The summed E-state index contributed by atoms with van der Waals surface area (Å²) in [5.74, 6) is -0.186. The first-order valence-corrected chi connectivity index (χ1v) is 7.80. The van der Waals surface area contributed by atoms with Crippen molar-refractivity contribution in [1.82, 2.24) is 5.43 Å². The third-order valence-corrected chi connectivity index (χ3v) is 3.88. The number of amides is 1. The molecular weight excluding hydrogens is 284 g/mol. The van der Waals surface area contributed by atoms with Gasteiger partial charge in [-0.1, -0.05) is 63.2 Å². The molecule has 0 fully saturated rings. The summed E-state index contributed by atoms with van der Waals surface area (Å²) in [5.41, 5.74) is 7.41. The van der Waals surface area contributed by atoms with E-state index in [1.165, 1.54) is 5.56 Å². The van der Waals surface area contributed by atoms with E-state index < -0.39 is 0 Å². The zero-order valence-corrected chi connectivity index (χ0v) is 14.5. The monoisotopic (exact) mass is 308 g/mol. The molecule has 0 saturated carbocycles. The van der Waals surface area contributed by atoms with Crippen LogP contribution in [-0.2, 0) is 5.41 Å². The minimum atomic E-state index is -0.186. The minimum Gasteiger partial charge on any atom is -0.267 e. The predicted molar refractivity (Wildman–Crippen MR) is 96.0 cm³/mol. The van der Waals surface area contributed by atoms with Crippen molar-refractivity contribution in [3.63, 3.8) is 0 Å². The van der Waals surface area contributed by atoms with Crippen molar-refractivity contribution in [3.05, 3.63) is 70.8 Å². The highest BCUT2D eigenvalue weighted by atomic mass is 16.2. The minimum absolute atomic E-state index is 0.128. The van der Waals surface area contributed by atoms with Gasteiger partial charge >= 0.3 is 0 Å². The van der Waals surface area contributed by atoms with Crippen molar-refractivity contribution in [2.24, 2.45) is 5.10 Å². The van der Waals surface area contributed by atoms with Crippen LogP contribution in [0.4, 0.5) is 0 Å². The Morgan fingerprint density at radius 1 is 1.00 bits per heavy atom. The second-order valence-electron chi connectivity index (χ2n) is 6.78. The highest BCUT2D eigenvalue weighted by molar-refractivity contribution is 6.01. The van der Waals surface area contributed by atoms with Crippen LogP contribution in [0.25, 0.3) is 0 Å². The van der Waals surface area contributed by atoms with E-state index in [1.54, 1.807) is 6.07 Å². The van der Waals surface area contributed by atoms with Crippen LogP contribution in [0, 0.1) is 6.92 Å². The van der Waals surface area contributed by atoms with Crippen molar-refractivity contribution in [2.45, 2.75) is 40.0 Å². The standard InChI is InChI=1S/C20H24N2O/c1-14-8-6-7-9-18(14)19(23)22-21-15(2)16-10-12-17(13-11-16)20(3,4)5/h6-13H,1-5H3,(H,22,23)/b21-15+. The quantitative estimate of drug-likeness (QED) is 0.660. The van der Waals surface area contributed by atoms with E-state index in [4.69, 9.17) is 0 Å². The number of hydrazone groups is 1. The number of carbonyl (C=O) groups is 1. The molecule has 3 heteroatoms. The number of aryl methyl sites for hydroxylation is 1. The predicted octanol–water partition coefficient (Wildman–Crippen LogP) is 4.45. The molecule has 0 saturated heterocycles. The molecule has 23 heavy (non-hydrogen) atoms. The van der Waals surface area contributed by atoms with Crippen molar-refractivity contribution < 1.29 is 4.79 Å². The van der Waals surface area contributed by atoms with E-state index in [2.05, 4.69) is 43.4 Å². The van der Waals surface area contributed by atoms with Crippen LogP contribution in [0.2, 0.25) is 0 Å². The fraction of sp³-hybridized carbons (Fsp3) is 0.300. The average Bonchev–Trinajstić information content (AvgIpc) is 2.52. The van der Waals surface area contributed by atoms with Crippen LogP contribution >= 0.6 is 0 Å². The fourth-order valence-corrected chi connectivity index (χ4v) is 2.30. The molecular formula is C20H24N2O. The van der Waals surface area contributed by atoms with Gasteiger partial charge in [-0.25, -0.2) is 5.43 Å². The van der Waals surface area contributed by atoms with Crippen LogP contribution in [0.1, 0.15) is 54.7 Å². The average molecular weight is 308 g/mol. The Balaban J connectivity index is 2.11. The SMILES string of the molecule is C/C(=N\NC(=O)c1ccccc1C)c1ccc(C(C)(C)C)cc1. The molecule has 0 heterocycles. The summed E-state index contributed by atoms with van der Waals surface area (Å²) in [7, 11) is 0. The maximum Gasteiger partial charge on any atom is 0.271 e. The summed E-state index contributed by atoms with van der Waals surface area (Å²) < 4.78 is 0. The zero-order valence-electron chi connectivity index (χ0n) is 14.5. The Kier molecular flexibility index (Phi) is 4.99. The molecule has 0 aliphatic carbocycles. The number of nitrogens with zero attached hydrogens (tertiary/aromatic N) is 1. The lowest BCUT2D eigenvalue weighted by Gasteiger charge is -2.19. The van der Waals surface area contributed by atoms with Crippen LogP contribution in [0.3, 0.4) is 0 Å². The molecule has 120 valence electrons. The van der Waals surface area contributed by atoms with Gasteiger partial charge in [-0.05, 0) is 42.0 Å². The van der Waals surface area contributed by atoms with Gasteiger partial charge in [0.15, 0.2) is 0 Å². The third-order valence-electron chi connectivity index (χ3n) is 3.88. The second-order valence-corrected chi connectivity index (χ2v) is 6.78. The van der Waals surface area contributed by atoms with E-state index in [-0.39, 0.29) is 11.3 Å². The van der Waals surface area contributed by atoms with Crippen LogP contribution in [-0.4, -0.2) is 11.6 Å².